The number of rotatable bonds is 18. The van der Waals surface area contributed by atoms with Crippen molar-refractivity contribution in [3.05, 3.63) is 0 Å². The fourth-order valence-corrected chi connectivity index (χ4v) is 2.70. The summed E-state index contributed by atoms with van der Waals surface area (Å²) in [4.78, 5) is 6.30. The summed E-state index contributed by atoms with van der Waals surface area (Å²) in [5.41, 5.74) is 0. The molecule has 3 heteroatoms. The maximum atomic E-state index is 6.30. The van der Waals surface area contributed by atoms with Crippen molar-refractivity contribution in [1.82, 2.24) is 10.1 Å². The van der Waals surface area contributed by atoms with Crippen molar-refractivity contribution in [1.29, 1.82) is 0 Å². The van der Waals surface area contributed by atoms with E-state index in [1.54, 1.807) is 0 Å². The van der Waals surface area contributed by atoms with Crippen molar-refractivity contribution in [3.63, 3.8) is 0 Å². The van der Waals surface area contributed by atoms with Crippen LogP contribution >= 0.6 is 0 Å². The van der Waals surface area contributed by atoms with Gasteiger partial charge < -0.3 is 0 Å². The molecule has 0 N–H and O–H groups in total. The zero-order valence-corrected chi connectivity index (χ0v) is 16.6. The summed E-state index contributed by atoms with van der Waals surface area (Å²) >= 11 is 0. The SMILES string of the molecule is CCCCCN(CCCCC)ON(CCCCC)CCCCC. The van der Waals surface area contributed by atoms with E-state index in [2.05, 4.69) is 37.8 Å². The molecule has 0 aromatic heterocycles. The fraction of sp³-hybridized carbons (Fsp3) is 1.00. The van der Waals surface area contributed by atoms with Gasteiger partial charge in [-0.1, -0.05) is 79.1 Å². The molecule has 0 saturated carbocycles. The molecule has 0 atom stereocenters. The molecule has 0 saturated heterocycles. The van der Waals surface area contributed by atoms with Crippen LogP contribution in [-0.2, 0) is 4.94 Å². The highest BCUT2D eigenvalue weighted by Gasteiger charge is 2.12. The van der Waals surface area contributed by atoms with E-state index in [4.69, 9.17) is 4.94 Å². The van der Waals surface area contributed by atoms with Gasteiger partial charge in [0.25, 0.3) is 0 Å². The summed E-state index contributed by atoms with van der Waals surface area (Å²) in [6.07, 6.45) is 15.3. The largest absolute Gasteiger partial charge is 0.208 e. The van der Waals surface area contributed by atoms with Crippen LogP contribution in [0.25, 0.3) is 0 Å². The molecule has 0 aromatic rings. The summed E-state index contributed by atoms with van der Waals surface area (Å²) < 4.78 is 0. The summed E-state index contributed by atoms with van der Waals surface area (Å²) in [6.45, 7) is 13.4. The van der Waals surface area contributed by atoms with Crippen LogP contribution in [-0.4, -0.2) is 36.3 Å². The van der Waals surface area contributed by atoms with Gasteiger partial charge in [0.05, 0.1) is 0 Å². The number of nitrogens with zero attached hydrogens (tertiary/aromatic N) is 2. The molecular weight excluding hydrogens is 284 g/mol. The lowest BCUT2D eigenvalue weighted by molar-refractivity contribution is -0.326. The zero-order valence-electron chi connectivity index (χ0n) is 16.6. The zero-order chi connectivity index (χ0) is 17.2. The Hall–Kier alpha value is -0.120. The van der Waals surface area contributed by atoms with Crippen LogP contribution in [0.2, 0.25) is 0 Å². The van der Waals surface area contributed by atoms with Gasteiger partial charge in [0.15, 0.2) is 0 Å². The van der Waals surface area contributed by atoms with Crippen molar-refractivity contribution in [2.24, 2.45) is 0 Å². The molecule has 0 radical (unpaired) electrons. The van der Waals surface area contributed by atoms with Crippen molar-refractivity contribution >= 4 is 0 Å². The molecule has 0 bridgehead atoms. The Kier molecular flexibility index (Phi) is 18.1. The minimum atomic E-state index is 1.08. The van der Waals surface area contributed by atoms with Gasteiger partial charge in [-0.2, -0.15) is 10.1 Å². The molecule has 23 heavy (non-hydrogen) atoms. The first-order chi connectivity index (χ1) is 11.3. The van der Waals surface area contributed by atoms with Gasteiger partial charge in [-0.3, -0.25) is 0 Å². The van der Waals surface area contributed by atoms with Crippen LogP contribution < -0.4 is 0 Å². The highest BCUT2D eigenvalue weighted by Crippen LogP contribution is 2.09. The Labute approximate surface area is 146 Å². The van der Waals surface area contributed by atoms with Gasteiger partial charge in [-0.15, -0.1) is 0 Å². The number of hydrogen-bond acceptors (Lipinski definition) is 3. The standard InChI is InChI=1S/C20H44N2O/c1-5-9-13-17-21(18-14-10-6-2)23-22(19-15-11-7-3)20-16-12-8-4/h5-20H2,1-4H3. The quantitative estimate of drug-likeness (QED) is 0.220. The van der Waals surface area contributed by atoms with Gasteiger partial charge in [-0.25, -0.2) is 4.94 Å². The second-order valence-electron chi connectivity index (χ2n) is 6.77. The molecule has 0 unspecified atom stereocenters. The Bertz CT molecular complexity index is 182. The molecule has 0 rings (SSSR count). The third kappa shape index (κ3) is 15.2. The molecule has 0 amide bonds. The molecule has 0 heterocycles. The second kappa shape index (κ2) is 18.2. The smallest absolute Gasteiger partial charge is 0.0259 e. The Morgan fingerprint density at radius 2 is 0.696 bits per heavy atom. The highest BCUT2D eigenvalue weighted by molar-refractivity contribution is 4.52. The Morgan fingerprint density at radius 3 is 0.913 bits per heavy atom. The molecule has 140 valence electrons. The first-order valence-corrected chi connectivity index (χ1v) is 10.5. The molecule has 3 nitrogen and oxygen atoms in total. The van der Waals surface area contributed by atoms with Crippen LogP contribution in [0.15, 0.2) is 0 Å². The van der Waals surface area contributed by atoms with Gasteiger partial charge in [0, 0.05) is 26.2 Å². The molecule has 0 aliphatic rings. The van der Waals surface area contributed by atoms with Crippen LogP contribution in [0.3, 0.4) is 0 Å². The molecule has 0 aromatic carbocycles. The Balaban J connectivity index is 4.31. The van der Waals surface area contributed by atoms with Gasteiger partial charge in [0.2, 0.25) is 0 Å². The van der Waals surface area contributed by atoms with E-state index >= 15 is 0 Å². The molecule has 0 aliphatic heterocycles. The number of hydroxylamine groups is 4. The number of unbranched alkanes of at least 4 members (excludes halogenated alkanes) is 8. The first kappa shape index (κ1) is 22.9. The fourth-order valence-electron chi connectivity index (χ4n) is 2.70. The lowest BCUT2D eigenvalue weighted by Gasteiger charge is -2.29. The lowest BCUT2D eigenvalue weighted by atomic mass is 10.2. The first-order valence-electron chi connectivity index (χ1n) is 10.5. The lowest BCUT2D eigenvalue weighted by Crippen LogP contribution is -2.37. The second-order valence-corrected chi connectivity index (χ2v) is 6.77. The van der Waals surface area contributed by atoms with E-state index in [9.17, 15) is 0 Å². The molecule has 0 fully saturated rings. The van der Waals surface area contributed by atoms with Crippen molar-refractivity contribution in [3.8, 4) is 0 Å². The van der Waals surface area contributed by atoms with Crippen LogP contribution in [0.1, 0.15) is 105 Å². The molecular formula is C20H44N2O. The summed E-state index contributed by atoms with van der Waals surface area (Å²) in [7, 11) is 0. The monoisotopic (exact) mass is 328 g/mol. The predicted octanol–water partition coefficient (Wildman–Crippen LogP) is 6.20. The molecule has 0 spiro atoms. The normalized spacial score (nSPS) is 11.7. The van der Waals surface area contributed by atoms with Crippen LogP contribution in [0, 0.1) is 0 Å². The van der Waals surface area contributed by atoms with E-state index in [0.717, 1.165) is 26.2 Å². The predicted molar refractivity (Wildman–Crippen MR) is 102 cm³/mol. The van der Waals surface area contributed by atoms with Crippen molar-refractivity contribution in [2.75, 3.05) is 26.2 Å². The van der Waals surface area contributed by atoms with Crippen LogP contribution in [0.5, 0.6) is 0 Å². The van der Waals surface area contributed by atoms with Crippen LogP contribution in [0.4, 0.5) is 0 Å². The van der Waals surface area contributed by atoms with E-state index in [1.807, 2.05) is 0 Å². The summed E-state index contributed by atoms with van der Waals surface area (Å²) in [5.74, 6) is 0. The number of hydrogen-bond donors (Lipinski definition) is 0. The molecule has 0 aliphatic carbocycles. The minimum absolute atomic E-state index is 1.08. The maximum Gasteiger partial charge on any atom is 0.0259 e. The van der Waals surface area contributed by atoms with E-state index in [0.29, 0.717) is 0 Å². The van der Waals surface area contributed by atoms with E-state index in [1.165, 1.54) is 77.0 Å². The van der Waals surface area contributed by atoms with E-state index < -0.39 is 0 Å². The average Bonchev–Trinajstić information content (AvgIpc) is 2.55. The van der Waals surface area contributed by atoms with Gasteiger partial charge >= 0.3 is 0 Å². The van der Waals surface area contributed by atoms with Gasteiger partial charge in [0.1, 0.15) is 0 Å². The Morgan fingerprint density at radius 1 is 0.435 bits per heavy atom. The summed E-state index contributed by atoms with van der Waals surface area (Å²) in [5, 5.41) is 4.48. The van der Waals surface area contributed by atoms with Gasteiger partial charge in [-0.05, 0) is 25.7 Å². The summed E-state index contributed by atoms with van der Waals surface area (Å²) in [6, 6.07) is 0. The minimum Gasteiger partial charge on any atom is -0.208 e. The van der Waals surface area contributed by atoms with Crippen molar-refractivity contribution < 1.29 is 4.94 Å². The maximum absolute atomic E-state index is 6.30. The van der Waals surface area contributed by atoms with Crippen molar-refractivity contribution in [2.45, 2.75) is 105 Å². The third-order valence-electron chi connectivity index (χ3n) is 4.28. The average molecular weight is 329 g/mol. The highest BCUT2D eigenvalue weighted by atomic mass is 16.8. The van der Waals surface area contributed by atoms with E-state index in [-0.39, 0.29) is 0 Å². The topological polar surface area (TPSA) is 15.7 Å². The third-order valence-corrected chi connectivity index (χ3v) is 4.28.